The van der Waals surface area contributed by atoms with E-state index in [-0.39, 0.29) is 27.9 Å². The van der Waals surface area contributed by atoms with Crippen LogP contribution in [0, 0.1) is 11.3 Å². The quantitative estimate of drug-likeness (QED) is 0.235. The topological polar surface area (TPSA) is 71.3 Å². The number of hydrogen-bond acceptors (Lipinski definition) is 4. The maximum atomic E-state index is 12.6. The zero-order chi connectivity index (χ0) is 24.7. The lowest BCUT2D eigenvalue weighted by Gasteiger charge is -2.14. The van der Waals surface area contributed by atoms with E-state index in [4.69, 9.17) is 55.9 Å². The Morgan fingerprint density at radius 2 is 1.71 bits per heavy atom. The summed E-state index contributed by atoms with van der Waals surface area (Å²) in [5, 5.41) is 13.7. The molecular formula is C25H18Cl4N2O3. The van der Waals surface area contributed by atoms with Crippen LogP contribution in [0.4, 0.5) is 5.69 Å². The molecule has 174 valence electrons. The Kier molecular flexibility index (Phi) is 9.09. The van der Waals surface area contributed by atoms with Crippen LogP contribution in [0.3, 0.4) is 0 Å². The minimum absolute atomic E-state index is 0.139. The van der Waals surface area contributed by atoms with Crippen molar-refractivity contribution in [3.8, 4) is 17.6 Å². The first-order valence-electron chi connectivity index (χ1n) is 10.0. The van der Waals surface area contributed by atoms with Gasteiger partial charge in [-0.2, -0.15) is 5.26 Å². The van der Waals surface area contributed by atoms with E-state index >= 15 is 0 Å². The van der Waals surface area contributed by atoms with Crippen molar-refractivity contribution in [2.24, 2.45) is 0 Å². The molecule has 0 bridgehead atoms. The Morgan fingerprint density at radius 1 is 0.971 bits per heavy atom. The molecule has 3 aromatic rings. The fraction of sp³-hybridized carbons (Fsp3) is 0.120. The number of rotatable bonds is 8. The second-order valence-corrected chi connectivity index (χ2v) is 8.54. The summed E-state index contributed by atoms with van der Waals surface area (Å²) in [6, 6.07) is 17.0. The number of amides is 1. The highest BCUT2D eigenvalue weighted by atomic mass is 35.5. The summed E-state index contributed by atoms with van der Waals surface area (Å²) < 4.78 is 11.6. The first-order valence-corrected chi connectivity index (χ1v) is 11.5. The highest BCUT2D eigenvalue weighted by molar-refractivity contribution is 6.40. The van der Waals surface area contributed by atoms with Crippen molar-refractivity contribution in [3.05, 3.63) is 91.4 Å². The standard InChI is InChI=1S/C25H18Cl4N2O3/c1-2-33-23-11-15(6-9-22(23)34-14-16-7-8-18(26)12-21(16)29)10-17(13-30)25(32)31-24-19(27)4-3-5-20(24)28/h3-12H,2,14H2,1H3,(H,31,32)/b17-10+. The number of halogens is 4. The minimum Gasteiger partial charge on any atom is -0.490 e. The third-order valence-corrected chi connectivity index (χ3v) is 5.76. The van der Waals surface area contributed by atoms with E-state index in [1.807, 2.05) is 13.0 Å². The van der Waals surface area contributed by atoms with Gasteiger partial charge in [0.05, 0.1) is 22.3 Å². The molecule has 0 atom stereocenters. The number of anilines is 1. The van der Waals surface area contributed by atoms with E-state index in [1.54, 1.807) is 54.6 Å². The van der Waals surface area contributed by atoms with Crippen molar-refractivity contribution >= 4 is 64.1 Å². The van der Waals surface area contributed by atoms with Crippen molar-refractivity contribution in [3.63, 3.8) is 0 Å². The van der Waals surface area contributed by atoms with Crippen LogP contribution in [0.15, 0.2) is 60.2 Å². The number of carbonyl (C=O) groups is 1. The highest BCUT2D eigenvalue weighted by Gasteiger charge is 2.15. The van der Waals surface area contributed by atoms with Crippen LogP contribution in [0.5, 0.6) is 11.5 Å². The van der Waals surface area contributed by atoms with E-state index in [2.05, 4.69) is 5.32 Å². The van der Waals surface area contributed by atoms with Crippen LogP contribution >= 0.6 is 46.4 Å². The lowest BCUT2D eigenvalue weighted by atomic mass is 10.1. The lowest BCUT2D eigenvalue weighted by Crippen LogP contribution is -2.14. The number of benzene rings is 3. The maximum Gasteiger partial charge on any atom is 0.266 e. The van der Waals surface area contributed by atoms with E-state index in [9.17, 15) is 10.1 Å². The van der Waals surface area contributed by atoms with Gasteiger partial charge < -0.3 is 14.8 Å². The number of carbonyl (C=O) groups excluding carboxylic acids is 1. The molecule has 1 amide bonds. The summed E-state index contributed by atoms with van der Waals surface area (Å²) in [7, 11) is 0. The van der Waals surface area contributed by atoms with Gasteiger partial charge >= 0.3 is 0 Å². The Morgan fingerprint density at radius 3 is 2.35 bits per heavy atom. The molecule has 0 aliphatic carbocycles. The van der Waals surface area contributed by atoms with Crippen LogP contribution < -0.4 is 14.8 Å². The monoisotopic (exact) mass is 534 g/mol. The van der Waals surface area contributed by atoms with Crippen LogP contribution in [0.1, 0.15) is 18.1 Å². The number of hydrogen-bond donors (Lipinski definition) is 1. The van der Waals surface area contributed by atoms with Crippen molar-refractivity contribution in [2.45, 2.75) is 13.5 Å². The van der Waals surface area contributed by atoms with Gasteiger partial charge in [-0.05, 0) is 55.0 Å². The van der Waals surface area contributed by atoms with Gasteiger partial charge in [-0.3, -0.25) is 4.79 Å². The Labute approximate surface area is 217 Å². The molecule has 0 aromatic heterocycles. The largest absolute Gasteiger partial charge is 0.490 e. The molecule has 0 unspecified atom stereocenters. The van der Waals surface area contributed by atoms with E-state index in [0.717, 1.165) is 5.56 Å². The zero-order valence-electron chi connectivity index (χ0n) is 17.9. The first kappa shape index (κ1) is 25.7. The van der Waals surface area contributed by atoms with Crippen LogP contribution in [0.2, 0.25) is 20.1 Å². The number of nitriles is 1. The van der Waals surface area contributed by atoms with E-state index in [1.165, 1.54) is 6.08 Å². The Hall–Kier alpha value is -2.88. The Bertz CT molecular complexity index is 1270. The summed E-state index contributed by atoms with van der Waals surface area (Å²) in [5.41, 5.74) is 1.42. The summed E-state index contributed by atoms with van der Waals surface area (Å²) >= 11 is 24.4. The molecule has 0 aliphatic rings. The van der Waals surface area contributed by atoms with E-state index < -0.39 is 5.91 Å². The molecule has 0 fully saturated rings. The molecule has 0 saturated heterocycles. The molecule has 3 rings (SSSR count). The van der Waals surface area contributed by atoms with Gasteiger partial charge in [0.15, 0.2) is 11.5 Å². The van der Waals surface area contributed by atoms with Crippen molar-refractivity contribution in [2.75, 3.05) is 11.9 Å². The lowest BCUT2D eigenvalue weighted by molar-refractivity contribution is -0.112. The van der Waals surface area contributed by atoms with Gasteiger partial charge in [0.1, 0.15) is 18.2 Å². The third-order valence-electron chi connectivity index (χ3n) is 4.54. The predicted octanol–water partition coefficient (Wildman–Crippen LogP) is 7.82. The highest BCUT2D eigenvalue weighted by Crippen LogP contribution is 2.32. The molecule has 1 N–H and O–H groups in total. The van der Waals surface area contributed by atoms with Gasteiger partial charge in [0, 0.05) is 15.6 Å². The van der Waals surface area contributed by atoms with Crippen molar-refractivity contribution < 1.29 is 14.3 Å². The molecule has 0 saturated carbocycles. The fourth-order valence-electron chi connectivity index (χ4n) is 2.91. The predicted molar refractivity (Wildman–Crippen MR) is 137 cm³/mol. The van der Waals surface area contributed by atoms with Crippen LogP contribution in [-0.2, 0) is 11.4 Å². The van der Waals surface area contributed by atoms with Crippen LogP contribution in [-0.4, -0.2) is 12.5 Å². The SMILES string of the molecule is CCOc1cc(/C=C(\C#N)C(=O)Nc2c(Cl)cccc2Cl)ccc1OCc1ccc(Cl)cc1Cl. The molecule has 0 radical (unpaired) electrons. The number of nitrogens with one attached hydrogen (secondary N) is 1. The van der Waals surface area contributed by atoms with Gasteiger partial charge in [-0.1, -0.05) is 64.6 Å². The molecule has 5 nitrogen and oxygen atoms in total. The fourth-order valence-corrected chi connectivity index (χ4v) is 3.86. The van der Waals surface area contributed by atoms with Gasteiger partial charge in [0.2, 0.25) is 0 Å². The molecule has 9 heteroatoms. The summed E-state index contributed by atoms with van der Waals surface area (Å²) in [4.78, 5) is 12.6. The molecule has 0 heterocycles. The second-order valence-electron chi connectivity index (χ2n) is 6.88. The molecule has 0 aliphatic heterocycles. The third kappa shape index (κ3) is 6.59. The van der Waals surface area contributed by atoms with Gasteiger partial charge in [0.25, 0.3) is 5.91 Å². The maximum absolute atomic E-state index is 12.6. The molecule has 0 spiro atoms. The Balaban J connectivity index is 1.82. The van der Waals surface area contributed by atoms with E-state index in [0.29, 0.717) is 33.7 Å². The number of para-hydroxylation sites is 1. The minimum atomic E-state index is -0.645. The second kappa shape index (κ2) is 12.0. The van der Waals surface area contributed by atoms with Crippen molar-refractivity contribution in [1.82, 2.24) is 0 Å². The first-order chi connectivity index (χ1) is 16.3. The molecular weight excluding hydrogens is 518 g/mol. The summed E-state index contributed by atoms with van der Waals surface area (Å²) in [6.07, 6.45) is 1.43. The zero-order valence-corrected chi connectivity index (χ0v) is 20.9. The number of ether oxygens (including phenoxy) is 2. The van der Waals surface area contributed by atoms with Crippen LogP contribution in [0.25, 0.3) is 6.08 Å². The summed E-state index contributed by atoms with van der Waals surface area (Å²) in [6.45, 7) is 2.43. The average molecular weight is 536 g/mol. The van der Waals surface area contributed by atoms with Gasteiger partial charge in [-0.25, -0.2) is 0 Å². The smallest absolute Gasteiger partial charge is 0.266 e. The summed E-state index contributed by atoms with van der Waals surface area (Å²) in [5.74, 6) is 0.289. The molecule has 3 aromatic carbocycles. The normalized spacial score (nSPS) is 11.0. The average Bonchev–Trinajstić information content (AvgIpc) is 2.80. The van der Waals surface area contributed by atoms with Gasteiger partial charge in [-0.15, -0.1) is 0 Å². The van der Waals surface area contributed by atoms with Crippen molar-refractivity contribution in [1.29, 1.82) is 5.26 Å². The number of nitrogens with zero attached hydrogens (tertiary/aromatic N) is 1. The molecule has 34 heavy (non-hydrogen) atoms.